The maximum Gasteiger partial charge on any atom is 0.230 e. The summed E-state index contributed by atoms with van der Waals surface area (Å²) in [6.07, 6.45) is 3.73. The molecule has 0 radical (unpaired) electrons. The largest absolute Gasteiger partial charge is 0.438 e. The fraction of sp³-hybridized carbons (Fsp3) is 0.478. The van der Waals surface area contributed by atoms with Gasteiger partial charge in [-0.05, 0) is 57.2 Å². The van der Waals surface area contributed by atoms with E-state index >= 15 is 0 Å². The van der Waals surface area contributed by atoms with Crippen molar-refractivity contribution in [2.75, 3.05) is 58.4 Å². The van der Waals surface area contributed by atoms with Crippen LogP contribution in [0, 0.1) is 0 Å². The van der Waals surface area contributed by atoms with Crippen LogP contribution >= 0.6 is 0 Å². The molecule has 1 aromatic heterocycles. The van der Waals surface area contributed by atoms with Gasteiger partial charge in [-0.15, -0.1) is 0 Å². The normalized spacial score (nSPS) is 18.8. The monoisotopic (exact) mass is 425 g/mol. The van der Waals surface area contributed by atoms with Gasteiger partial charge in [0, 0.05) is 44.1 Å². The Morgan fingerprint density at radius 3 is 2.68 bits per heavy atom. The Morgan fingerprint density at radius 2 is 1.94 bits per heavy atom. The predicted octanol–water partition coefficient (Wildman–Crippen LogP) is 2.87. The smallest absolute Gasteiger partial charge is 0.230 e. The molecule has 0 aliphatic carbocycles. The molecule has 4 rings (SSSR count). The maximum absolute atomic E-state index is 9.87. The van der Waals surface area contributed by atoms with Crippen LogP contribution in [0.4, 0.5) is 5.69 Å². The third-order valence-electron chi connectivity index (χ3n) is 6.09. The summed E-state index contributed by atoms with van der Waals surface area (Å²) in [5, 5.41) is 13.5. The molecule has 3 heterocycles. The van der Waals surface area contributed by atoms with E-state index in [0.717, 1.165) is 57.9 Å². The lowest BCUT2D eigenvalue weighted by Crippen LogP contribution is -2.44. The predicted molar refractivity (Wildman–Crippen MR) is 120 cm³/mol. The third kappa shape index (κ3) is 5.08. The van der Waals surface area contributed by atoms with E-state index in [4.69, 9.17) is 9.47 Å². The minimum atomic E-state index is 0.305. The molecule has 2 fully saturated rings. The van der Waals surface area contributed by atoms with Crippen LogP contribution in [0.25, 0.3) is 0 Å². The average molecular weight is 426 g/mol. The van der Waals surface area contributed by atoms with Crippen molar-refractivity contribution in [3.05, 3.63) is 48.2 Å². The van der Waals surface area contributed by atoms with E-state index in [1.54, 1.807) is 6.20 Å². The summed E-state index contributed by atoms with van der Waals surface area (Å²) in [5.41, 5.74) is 1.76. The van der Waals surface area contributed by atoms with E-state index in [-0.39, 0.29) is 0 Å². The molecule has 2 aromatic rings. The maximum atomic E-state index is 9.87. The zero-order chi connectivity index (χ0) is 21.6. The average Bonchev–Trinajstić information content (AvgIpc) is 2.82. The van der Waals surface area contributed by atoms with Gasteiger partial charge in [0.2, 0.25) is 5.88 Å². The number of rotatable bonds is 5. The molecule has 0 saturated carbocycles. The first-order chi connectivity index (χ1) is 15.2. The van der Waals surface area contributed by atoms with Crippen LogP contribution in [0.3, 0.4) is 0 Å². The van der Waals surface area contributed by atoms with Crippen LogP contribution in [-0.4, -0.2) is 85.4 Å². The summed E-state index contributed by atoms with van der Waals surface area (Å²) in [6.45, 7) is 5.24. The number of pyridine rings is 1. The number of hydrogen-bond donors (Lipinski definition) is 1. The number of benzene rings is 1. The summed E-state index contributed by atoms with van der Waals surface area (Å²) in [7, 11) is 4.11. The van der Waals surface area contributed by atoms with Crippen molar-refractivity contribution in [3.63, 3.8) is 0 Å². The van der Waals surface area contributed by atoms with Crippen molar-refractivity contribution in [1.82, 2.24) is 14.8 Å². The number of likely N-dealkylation sites (tertiary alicyclic amines) is 1. The second-order valence-electron chi connectivity index (χ2n) is 8.12. The highest BCUT2D eigenvalue weighted by molar-refractivity contribution is 6.00. The molecular weight excluding hydrogens is 394 g/mol. The highest BCUT2D eigenvalue weighted by atomic mass is 16.5. The summed E-state index contributed by atoms with van der Waals surface area (Å²) >= 11 is 0. The van der Waals surface area contributed by atoms with Gasteiger partial charge in [0.15, 0.2) is 5.84 Å². The van der Waals surface area contributed by atoms with E-state index in [1.807, 2.05) is 42.3 Å². The van der Waals surface area contributed by atoms with Crippen molar-refractivity contribution in [2.24, 2.45) is 5.16 Å². The van der Waals surface area contributed by atoms with Gasteiger partial charge in [-0.3, -0.25) is 0 Å². The van der Waals surface area contributed by atoms with Crippen molar-refractivity contribution in [3.8, 4) is 11.6 Å². The lowest BCUT2D eigenvalue weighted by atomic mass is 10.0. The second kappa shape index (κ2) is 9.98. The van der Waals surface area contributed by atoms with Gasteiger partial charge in [-0.25, -0.2) is 4.98 Å². The van der Waals surface area contributed by atoms with Gasteiger partial charge in [-0.1, -0.05) is 11.2 Å². The molecule has 0 bridgehead atoms. The van der Waals surface area contributed by atoms with E-state index in [9.17, 15) is 5.21 Å². The van der Waals surface area contributed by atoms with Crippen LogP contribution in [-0.2, 0) is 4.74 Å². The van der Waals surface area contributed by atoms with Gasteiger partial charge in [0.25, 0.3) is 0 Å². The quantitative estimate of drug-likeness (QED) is 0.342. The molecule has 0 atom stereocenters. The van der Waals surface area contributed by atoms with Crippen molar-refractivity contribution >= 4 is 11.5 Å². The van der Waals surface area contributed by atoms with Gasteiger partial charge in [0.05, 0.1) is 18.8 Å². The molecule has 8 nitrogen and oxygen atoms in total. The number of piperidine rings is 1. The zero-order valence-corrected chi connectivity index (χ0v) is 18.3. The number of morpholine rings is 1. The standard InChI is InChI=1S/C23H31N5O3/c1-26-11-8-18(9-12-26)27(2)22(25-29)21-7-4-10-24-23(21)31-20-6-3-5-19(17-20)28-13-15-30-16-14-28/h3-7,10,17-18,29H,8-9,11-16H2,1-2H3/b25-22-. The lowest BCUT2D eigenvalue weighted by Gasteiger charge is -2.36. The van der Waals surface area contributed by atoms with Crippen LogP contribution in [0.2, 0.25) is 0 Å². The summed E-state index contributed by atoms with van der Waals surface area (Å²) < 4.78 is 11.6. The first kappa shape index (κ1) is 21.4. The van der Waals surface area contributed by atoms with E-state index < -0.39 is 0 Å². The Morgan fingerprint density at radius 1 is 1.16 bits per heavy atom. The number of aromatic nitrogens is 1. The molecule has 0 amide bonds. The Balaban J connectivity index is 1.54. The molecule has 0 spiro atoms. The minimum Gasteiger partial charge on any atom is -0.438 e. The lowest BCUT2D eigenvalue weighted by molar-refractivity contribution is 0.122. The first-order valence-electron chi connectivity index (χ1n) is 10.8. The van der Waals surface area contributed by atoms with Crippen LogP contribution in [0.5, 0.6) is 11.6 Å². The second-order valence-corrected chi connectivity index (χ2v) is 8.12. The minimum absolute atomic E-state index is 0.305. The zero-order valence-electron chi connectivity index (χ0n) is 18.3. The first-order valence-corrected chi connectivity index (χ1v) is 10.8. The Kier molecular flexibility index (Phi) is 6.89. The van der Waals surface area contributed by atoms with Gasteiger partial charge in [0.1, 0.15) is 5.75 Å². The van der Waals surface area contributed by atoms with Gasteiger partial charge < -0.3 is 29.4 Å². The molecule has 2 saturated heterocycles. The van der Waals surface area contributed by atoms with Crippen LogP contribution in [0.15, 0.2) is 47.8 Å². The number of nitrogens with zero attached hydrogens (tertiary/aromatic N) is 5. The van der Waals surface area contributed by atoms with Crippen molar-refractivity contribution in [1.29, 1.82) is 0 Å². The van der Waals surface area contributed by atoms with E-state index in [1.165, 1.54) is 0 Å². The number of ether oxygens (including phenoxy) is 2. The Bertz CT molecular complexity index is 892. The number of anilines is 1. The molecule has 1 aromatic carbocycles. The molecule has 166 valence electrons. The molecule has 31 heavy (non-hydrogen) atoms. The van der Waals surface area contributed by atoms with Crippen molar-refractivity contribution < 1.29 is 14.7 Å². The highest BCUT2D eigenvalue weighted by Crippen LogP contribution is 2.29. The topological polar surface area (TPSA) is 73.7 Å². The molecule has 8 heteroatoms. The molecule has 0 unspecified atom stereocenters. The molecule has 1 N–H and O–H groups in total. The van der Waals surface area contributed by atoms with Gasteiger partial charge in [-0.2, -0.15) is 0 Å². The van der Waals surface area contributed by atoms with Crippen LogP contribution in [0.1, 0.15) is 18.4 Å². The number of amidine groups is 1. The third-order valence-corrected chi connectivity index (χ3v) is 6.09. The van der Waals surface area contributed by atoms with Crippen LogP contribution < -0.4 is 9.64 Å². The number of oxime groups is 1. The highest BCUT2D eigenvalue weighted by Gasteiger charge is 2.26. The Hall–Kier alpha value is -2.84. The van der Waals surface area contributed by atoms with Crippen molar-refractivity contribution in [2.45, 2.75) is 18.9 Å². The molecule has 2 aliphatic heterocycles. The Labute approximate surface area is 183 Å². The van der Waals surface area contributed by atoms with E-state index in [2.05, 4.69) is 33.1 Å². The molecule has 2 aliphatic rings. The van der Waals surface area contributed by atoms with Gasteiger partial charge >= 0.3 is 0 Å². The van der Waals surface area contributed by atoms with E-state index in [0.29, 0.717) is 29.1 Å². The fourth-order valence-electron chi connectivity index (χ4n) is 4.19. The molecular formula is C23H31N5O3. The summed E-state index contributed by atoms with van der Waals surface area (Å²) in [4.78, 5) is 11.1. The number of hydrogen-bond acceptors (Lipinski definition) is 7. The SMILES string of the molecule is CN1CCC(N(C)/C(=N\O)c2cccnc2Oc2cccc(N3CCOCC3)c2)CC1. The summed E-state index contributed by atoms with van der Waals surface area (Å²) in [5.74, 6) is 1.60. The summed E-state index contributed by atoms with van der Waals surface area (Å²) in [6, 6.07) is 12.0. The fourth-order valence-corrected chi connectivity index (χ4v) is 4.19.